The van der Waals surface area contributed by atoms with Crippen LogP contribution in [0.5, 0.6) is 0 Å². The van der Waals surface area contributed by atoms with Crippen molar-refractivity contribution in [3.63, 3.8) is 0 Å². The van der Waals surface area contributed by atoms with Crippen molar-refractivity contribution in [2.24, 2.45) is 5.73 Å². The zero-order chi connectivity index (χ0) is 10.3. The number of rotatable bonds is 1. The quantitative estimate of drug-likeness (QED) is 0.749. The number of hydrogen-bond donors (Lipinski definition) is 1. The second-order valence-electron chi connectivity index (χ2n) is 3.81. The average molecular weight is 189 g/mol. The number of furan rings is 1. The molecule has 0 aliphatic rings. The third-order valence-corrected chi connectivity index (χ3v) is 2.66. The number of hydrogen-bond acceptors (Lipinski definition) is 2. The molecule has 1 aromatic carbocycles. The van der Waals surface area contributed by atoms with Crippen LogP contribution in [0.1, 0.15) is 22.5 Å². The lowest BCUT2D eigenvalue weighted by Crippen LogP contribution is -1.95. The summed E-state index contributed by atoms with van der Waals surface area (Å²) in [5, 5.41) is 1.22. The molecule has 0 aliphatic carbocycles. The van der Waals surface area contributed by atoms with Crippen LogP contribution in [0.4, 0.5) is 0 Å². The summed E-state index contributed by atoms with van der Waals surface area (Å²) in [6.07, 6.45) is 0. The summed E-state index contributed by atoms with van der Waals surface area (Å²) in [7, 11) is 0. The predicted molar refractivity (Wildman–Crippen MR) is 58.3 cm³/mol. The molecule has 1 heterocycles. The van der Waals surface area contributed by atoms with Gasteiger partial charge in [-0.2, -0.15) is 0 Å². The van der Waals surface area contributed by atoms with E-state index in [4.69, 9.17) is 10.2 Å². The molecule has 0 atom stereocenters. The normalized spacial score (nSPS) is 11.1. The minimum atomic E-state index is 0.471. The Labute approximate surface area is 83.7 Å². The summed E-state index contributed by atoms with van der Waals surface area (Å²) in [6, 6.07) is 4.24. The molecular weight excluding hydrogens is 174 g/mol. The second kappa shape index (κ2) is 3.14. The molecule has 0 amide bonds. The molecule has 0 aliphatic heterocycles. The topological polar surface area (TPSA) is 39.2 Å². The summed E-state index contributed by atoms with van der Waals surface area (Å²) in [6.45, 7) is 6.72. The van der Waals surface area contributed by atoms with Crippen LogP contribution in [0.2, 0.25) is 0 Å². The molecule has 74 valence electrons. The monoisotopic (exact) mass is 189 g/mol. The van der Waals surface area contributed by atoms with Gasteiger partial charge in [-0.15, -0.1) is 0 Å². The van der Waals surface area contributed by atoms with Gasteiger partial charge in [0.2, 0.25) is 0 Å². The fourth-order valence-electron chi connectivity index (χ4n) is 2.03. The fraction of sp³-hybridized carbons (Fsp3) is 0.333. The SMILES string of the molecule is Cc1cc(C)c2c(C)c(CN)oc2c1. The van der Waals surface area contributed by atoms with Gasteiger partial charge in [0, 0.05) is 5.39 Å². The predicted octanol–water partition coefficient (Wildman–Crippen LogP) is 2.82. The average Bonchev–Trinajstić information content (AvgIpc) is 2.42. The summed E-state index contributed by atoms with van der Waals surface area (Å²) in [4.78, 5) is 0. The molecule has 1 aromatic heterocycles. The van der Waals surface area contributed by atoms with Crippen LogP contribution in [0.3, 0.4) is 0 Å². The van der Waals surface area contributed by atoms with E-state index in [1.54, 1.807) is 0 Å². The number of aryl methyl sites for hydroxylation is 3. The molecule has 2 aromatic rings. The van der Waals surface area contributed by atoms with Gasteiger partial charge in [0.15, 0.2) is 0 Å². The van der Waals surface area contributed by atoms with E-state index in [2.05, 4.69) is 32.9 Å². The Morgan fingerprint density at radius 1 is 1.21 bits per heavy atom. The summed E-state index contributed by atoms with van der Waals surface area (Å²) < 4.78 is 5.68. The van der Waals surface area contributed by atoms with Crippen molar-refractivity contribution in [1.82, 2.24) is 0 Å². The van der Waals surface area contributed by atoms with Gasteiger partial charge in [0.05, 0.1) is 6.54 Å². The van der Waals surface area contributed by atoms with E-state index in [1.807, 2.05) is 0 Å². The van der Waals surface area contributed by atoms with Crippen molar-refractivity contribution in [3.05, 3.63) is 34.6 Å². The van der Waals surface area contributed by atoms with E-state index >= 15 is 0 Å². The first-order valence-corrected chi connectivity index (χ1v) is 4.82. The van der Waals surface area contributed by atoms with Gasteiger partial charge in [0.25, 0.3) is 0 Å². The van der Waals surface area contributed by atoms with Crippen LogP contribution < -0.4 is 5.73 Å². The second-order valence-corrected chi connectivity index (χ2v) is 3.81. The first-order valence-electron chi connectivity index (χ1n) is 4.82. The lowest BCUT2D eigenvalue weighted by molar-refractivity contribution is 0.548. The highest BCUT2D eigenvalue weighted by molar-refractivity contribution is 5.86. The van der Waals surface area contributed by atoms with Gasteiger partial charge in [-0.25, -0.2) is 0 Å². The Balaban J connectivity index is 2.85. The molecule has 0 bridgehead atoms. The van der Waals surface area contributed by atoms with Crippen molar-refractivity contribution in [1.29, 1.82) is 0 Å². The molecule has 0 saturated carbocycles. The lowest BCUT2D eigenvalue weighted by Gasteiger charge is -1.98. The minimum Gasteiger partial charge on any atom is -0.459 e. The van der Waals surface area contributed by atoms with Crippen molar-refractivity contribution in [2.75, 3.05) is 0 Å². The van der Waals surface area contributed by atoms with Crippen LogP contribution in [0.15, 0.2) is 16.5 Å². The smallest absolute Gasteiger partial charge is 0.135 e. The zero-order valence-corrected chi connectivity index (χ0v) is 8.85. The van der Waals surface area contributed by atoms with Gasteiger partial charge >= 0.3 is 0 Å². The Morgan fingerprint density at radius 2 is 1.93 bits per heavy atom. The van der Waals surface area contributed by atoms with Crippen LogP contribution >= 0.6 is 0 Å². The van der Waals surface area contributed by atoms with Gasteiger partial charge in [-0.1, -0.05) is 6.07 Å². The summed E-state index contributed by atoms with van der Waals surface area (Å²) in [5.74, 6) is 0.897. The molecule has 2 rings (SSSR count). The fourth-order valence-corrected chi connectivity index (χ4v) is 2.03. The van der Waals surface area contributed by atoms with Gasteiger partial charge in [-0.3, -0.25) is 0 Å². The van der Waals surface area contributed by atoms with E-state index in [9.17, 15) is 0 Å². The van der Waals surface area contributed by atoms with Crippen molar-refractivity contribution in [2.45, 2.75) is 27.3 Å². The van der Waals surface area contributed by atoms with Gasteiger partial charge < -0.3 is 10.2 Å². The number of nitrogens with two attached hydrogens (primary N) is 1. The maximum Gasteiger partial charge on any atom is 0.135 e. The number of benzene rings is 1. The highest BCUT2D eigenvalue weighted by Gasteiger charge is 2.11. The molecule has 2 heteroatoms. The highest BCUT2D eigenvalue weighted by Crippen LogP contribution is 2.28. The van der Waals surface area contributed by atoms with Crippen molar-refractivity contribution >= 4 is 11.0 Å². The minimum absolute atomic E-state index is 0.471. The molecule has 0 radical (unpaired) electrons. The van der Waals surface area contributed by atoms with Crippen LogP contribution in [-0.4, -0.2) is 0 Å². The van der Waals surface area contributed by atoms with E-state index in [1.165, 1.54) is 22.1 Å². The van der Waals surface area contributed by atoms with Crippen LogP contribution in [0, 0.1) is 20.8 Å². The Hall–Kier alpha value is -1.28. The molecular formula is C12H15NO. The standard InChI is InChI=1S/C12H15NO/c1-7-4-8(2)12-9(3)11(6-13)14-10(12)5-7/h4-5H,6,13H2,1-3H3. The molecule has 0 unspecified atom stereocenters. The molecule has 0 fully saturated rings. The van der Waals surface area contributed by atoms with E-state index < -0.39 is 0 Å². The van der Waals surface area contributed by atoms with E-state index in [0.717, 1.165) is 11.3 Å². The Morgan fingerprint density at radius 3 is 2.57 bits per heavy atom. The third-order valence-electron chi connectivity index (χ3n) is 2.66. The van der Waals surface area contributed by atoms with Crippen LogP contribution in [0.25, 0.3) is 11.0 Å². The first-order chi connectivity index (χ1) is 6.63. The lowest BCUT2D eigenvalue weighted by atomic mass is 10.0. The zero-order valence-electron chi connectivity index (χ0n) is 8.85. The maximum absolute atomic E-state index is 5.68. The van der Waals surface area contributed by atoms with E-state index in [0.29, 0.717) is 6.54 Å². The molecule has 0 spiro atoms. The third kappa shape index (κ3) is 1.23. The Bertz CT molecular complexity index is 483. The van der Waals surface area contributed by atoms with Gasteiger partial charge in [0.1, 0.15) is 11.3 Å². The van der Waals surface area contributed by atoms with E-state index in [-0.39, 0.29) is 0 Å². The van der Waals surface area contributed by atoms with Crippen molar-refractivity contribution in [3.8, 4) is 0 Å². The maximum atomic E-state index is 5.68. The molecule has 2 nitrogen and oxygen atoms in total. The molecule has 14 heavy (non-hydrogen) atoms. The first kappa shape index (κ1) is 9.28. The Kier molecular flexibility index (Phi) is 2.08. The highest BCUT2D eigenvalue weighted by atomic mass is 16.3. The largest absolute Gasteiger partial charge is 0.459 e. The summed E-state index contributed by atoms with van der Waals surface area (Å²) in [5.41, 5.74) is 10.2. The number of fused-ring (bicyclic) bond motifs is 1. The molecule has 0 saturated heterocycles. The molecule has 2 N–H and O–H groups in total. The van der Waals surface area contributed by atoms with Gasteiger partial charge in [-0.05, 0) is 43.5 Å². The van der Waals surface area contributed by atoms with Crippen molar-refractivity contribution < 1.29 is 4.42 Å². The summed E-state index contributed by atoms with van der Waals surface area (Å²) >= 11 is 0. The van der Waals surface area contributed by atoms with Crippen LogP contribution in [-0.2, 0) is 6.54 Å².